The molecule has 0 unspecified atom stereocenters. The first kappa shape index (κ1) is 15.0. The Kier molecular flexibility index (Phi) is 4.18. The molecule has 0 saturated carbocycles. The quantitative estimate of drug-likeness (QED) is 0.769. The lowest BCUT2D eigenvalue weighted by Gasteiger charge is -2.09. The highest BCUT2D eigenvalue weighted by atomic mass is 16.5. The van der Waals surface area contributed by atoms with Crippen molar-refractivity contribution in [3.8, 4) is 5.88 Å². The fraction of sp³-hybridized carbons (Fsp3) is 0.250. The molecule has 0 aliphatic rings. The van der Waals surface area contributed by atoms with E-state index in [9.17, 15) is 4.79 Å². The zero-order valence-electron chi connectivity index (χ0n) is 13.0. The second kappa shape index (κ2) is 6.43. The third kappa shape index (κ3) is 3.13. The molecule has 0 saturated heterocycles. The largest absolute Gasteiger partial charge is 0.481 e. The SMILES string of the molecule is COc1cc(C(=O)NCCc2ncnn2C)c2ccccc2n1. The molecule has 0 atom stereocenters. The molecule has 118 valence electrons. The van der Waals surface area contributed by atoms with Gasteiger partial charge in [-0.05, 0) is 6.07 Å². The molecule has 1 aromatic carbocycles. The van der Waals surface area contributed by atoms with Crippen molar-refractivity contribution in [2.24, 2.45) is 7.05 Å². The molecule has 23 heavy (non-hydrogen) atoms. The normalized spacial score (nSPS) is 10.7. The Labute approximate surface area is 133 Å². The third-order valence-corrected chi connectivity index (χ3v) is 3.59. The van der Waals surface area contributed by atoms with Crippen LogP contribution >= 0.6 is 0 Å². The second-order valence-electron chi connectivity index (χ2n) is 5.04. The van der Waals surface area contributed by atoms with Crippen molar-refractivity contribution in [3.05, 3.63) is 48.0 Å². The molecule has 0 bridgehead atoms. The number of nitrogens with zero attached hydrogens (tertiary/aromatic N) is 4. The van der Waals surface area contributed by atoms with Gasteiger partial charge in [-0.1, -0.05) is 18.2 Å². The van der Waals surface area contributed by atoms with Crippen molar-refractivity contribution >= 4 is 16.8 Å². The van der Waals surface area contributed by atoms with Crippen molar-refractivity contribution in [1.82, 2.24) is 25.1 Å². The van der Waals surface area contributed by atoms with E-state index in [1.165, 1.54) is 13.4 Å². The van der Waals surface area contributed by atoms with Gasteiger partial charge in [-0.3, -0.25) is 9.48 Å². The summed E-state index contributed by atoms with van der Waals surface area (Å²) >= 11 is 0. The second-order valence-corrected chi connectivity index (χ2v) is 5.04. The molecule has 2 aromatic heterocycles. The van der Waals surface area contributed by atoms with E-state index in [1.807, 2.05) is 31.3 Å². The molecule has 0 fully saturated rings. The van der Waals surface area contributed by atoms with Gasteiger partial charge in [0.1, 0.15) is 12.2 Å². The van der Waals surface area contributed by atoms with Gasteiger partial charge >= 0.3 is 0 Å². The van der Waals surface area contributed by atoms with E-state index < -0.39 is 0 Å². The third-order valence-electron chi connectivity index (χ3n) is 3.59. The maximum atomic E-state index is 12.5. The lowest BCUT2D eigenvalue weighted by molar-refractivity contribution is 0.0955. The van der Waals surface area contributed by atoms with Crippen LogP contribution in [0.1, 0.15) is 16.2 Å². The van der Waals surface area contributed by atoms with E-state index in [1.54, 1.807) is 10.7 Å². The summed E-state index contributed by atoms with van der Waals surface area (Å²) in [5.41, 5.74) is 1.27. The number of para-hydroxylation sites is 1. The standard InChI is InChI=1S/C16H17N5O2/c1-21-14(18-10-19-21)7-8-17-16(22)12-9-15(23-2)20-13-6-4-3-5-11(12)13/h3-6,9-10H,7-8H2,1-2H3,(H,17,22). The predicted octanol–water partition coefficient (Wildman–Crippen LogP) is 1.34. The van der Waals surface area contributed by atoms with Gasteiger partial charge in [0, 0.05) is 31.5 Å². The first-order valence-corrected chi connectivity index (χ1v) is 7.24. The summed E-state index contributed by atoms with van der Waals surface area (Å²) in [6, 6.07) is 9.14. The number of fused-ring (bicyclic) bond motifs is 1. The number of hydrogen-bond acceptors (Lipinski definition) is 5. The first-order chi connectivity index (χ1) is 11.2. The van der Waals surface area contributed by atoms with E-state index in [0.717, 1.165) is 16.7 Å². The summed E-state index contributed by atoms with van der Waals surface area (Å²) in [6.07, 6.45) is 2.11. The molecule has 1 amide bonds. The molecule has 3 aromatic rings. The van der Waals surface area contributed by atoms with Gasteiger partial charge in [-0.25, -0.2) is 9.97 Å². The van der Waals surface area contributed by atoms with Crippen LogP contribution in [0.15, 0.2) is 36.7 Å². The highest BCUT2D eigenvalue weighted by Crippen LogP contribution is 2.21. The van der Waals surface area contributed by atoms with E-state index >= 15 is 0 Å². The minimum atomic E-state index is -0.163. The number of carbonyl (C=O) groups excluding carboxylic acids is 1. The summed E-state index contributed by atoms with van der Waals surface area (Å²) in [5, 5.41) is 7.70. The number of benzene rings is 1. The maximum Gasteiger partial charge on any atom is 0.252 e. The Morgan fingerprint density at radius 2 is 2.17 bits per heavy atom. The lowest BCUT2D eigenvalue weighted by Crippen LogP contribution is -2.26. The van der Waals surface area contributed by atoms with Crippen molar-refractivity contribution in [1.29, 1.82) is 0 Å². The Morgan fingerprint density at radius 1 is 1.35 bits per heavy atom. The number of ether oxygens (including phenoxy) is 1. The molecule has 7 heteroatoms. The number of hydrogen-bond donors (Lipinski definition) is 1. The molecule has 3 rings (SSSR count). The summed E-state index contributed by atoms with van der Waals surface area (Å²) < 4.78 is 6.87. The highest BCUT2D eigenvalue weighted by Gasteiger charge is 2.13. The van der Waals surface area contributed by atoms with Crippen molar-refractivity contribution in [2.45, 2.75) is 6.42 Å². The van der Waals surface area contributed by atoms with Gasteiger partial charge in [-0.2, -0.15) is 5.10 Å². The monoisotopic (exact) mass is 311 g/mol. The van der Waals surface area contributed by atoms with Crippen LogP contribution in [0.4, 0.5) is 0 Å². The molecule has 2 heterocycles. The van der Waals surface area contributed by atoms with Crippen molar-refractivity contribution in [3.63, 3.8) is 0 Å². The minimum absolute atomic E-state index is 0.163. The summed E-state index contributed by atoms with van der Waals surface area (Å²) in [7, 11) is 3.36. The van der Waals surface area contributed by atoms with Gasteiger partial charge in [0.2, 0.25) is 5.88 Å². The molecular formula is C16H17N5O2. The number of methoxy groups -OCH3 is 1. The Morgan fingerprint density at radius 3 is 2.91 bits per heavy atom. The minimum Gasteiger partial charge on any atom is -0.481 e. The first-order valence-electron chi connectivity index (χ1n) is 7.24. The number of nitrogens with one attached hydrogen (secondary N) is 1. The summed E-state index contributed by atoms with van der Waals surface area (Å²) in [5.74, 6) is 1.08. The van der Waals surface area contributed by atoms with Crippen LogP contribution in [0.25, 0.3) is 10.9 Å². The van der Waals surface area contributed by atoms with E-state index in [2.05, 4.69) is 20.4 Å². The zero-order chi connectivity index (χ0) is 16.2. The fourth-order valence-corrected chi connectivity index (χ4v) is 2.37. The molecule has 0 spiro atoms. The molecular weight excluding hydrogens is 294 g/mol. The van der Waals surface area contributed by atoms with Gasteiger partial charge in [0.25, 0.3) is 5.91 Å². The van der Waals surface area contributed by atoms with Crippen molar-refractivity contribution < 1.29 is 9.53 Å². The molecule has 0 aliphatic heterocycles. The van der Waals surface area contributed by atoms with Crippen LogP contribution in [0.3, 0.4) is 0 Å². The average molecular weight is 311 g/mol. The van der Waals surface area contributed by atoms with Crippen LogP contribution in [-0.4, -0.2) is 39.3 Å². The average Bonchev–Trinajstić information content (AvgIpc) is 2.98. The summed E-state index contributed by atoms with van der Waals surface area (Å²) in [4.78, 5) is 21.0. The number of aryl methyl sites for hydroxylation is 1. The molecule has 0 radical (unpaired) electrons. The summed E-state index contributed by atoms with van der Waals surface area (Å²) in [6.45, 7) is 0.477. The van der Waals surface area contributed by atoms with Crippen LogP contribution in [-0.2, 0) is 13.5 Å². The van der Waals surface area contributed by atoms with Crippen LogP contribution in [0.5, 0.6) is 5.88 Å². The topological polar surface area (TPSA) is 81.9 Å². The Hall–Kier alpha value is -2.96. The zero-order valence-corrected chi connectivity index (χ0v) is 13.0. The maximum absolute atomic E-state index is 12.5. The molecule has 1 N–H and O–H groups in total. The smallest absolute Gasteiger partial charge is 0.252 e. The van der Waals surface area contributed by atoms with Crippen LogP contribution in [0.2, 0.25) is 0 Å². The molecule has 0 aliphatic carbocycles. The Bertz CT molecular complexity index is 843. The van der Waals surface area contributed by atoms with Crippen LogP contribution < -0.4 is 10.1 Å². The van der Waals surface area contributed by atoms with E-state index in [0.29, 0.717) is 24.4 Å². The fourth-order valence-electron chi connectivity index (χ4n) is 2.37. The van der Waals surface area contributed by atoms with Crippen LogP contribution in [0, 0.1) is 0 Å². The number of amides is 1. The predicted molar refractivity (Wildman–Crippen MR) is 85.3 cm³/mol. The number of carbonyl (C=O) groups is 1. The van der Waals surface area contributed by atoms with Crippen molar-refractivity contribution in [2.75, 3.05) is 13.7 Å². The number of aromatic nitrogens is 4. The Balaban J connectivity index is 1.79. The lowest BCUT2D eigenvalue weighted by atomic mass is 10.1. The highest BCUT2D eigenvalue weighted by molar-refractivity contribution is 6.06. The van der Waals surface area contributed by atoms with Gasteiger partial charge < -0.3 is 10.1 Å². The molecule has 7 nitrogen and oxygen atoms in total. The van der Waals surface area contributed by atoms with Gasteiger partial charge in [0.15, 0.2) is 0 Å². The van der Waals surface area contributed by atoms with E-state index in [4.69, 9.17) is 4.74 Å². The van der Waals surface area contributed by atoms with Gasteiger partial charge in [-0.15, -0.1) is 0 Å². The number of pyridine rings is 1. The van der Waals surface area contributed by atoms with Gasteiger partial charge in [0.05, 0.1) is 18.2 Å². The number of rotatable bonds is 5. The van der Waals surface area contributed by atoms with E-state index in [-0.39, 0.29) is 5.91 Å².